The second-order valence-corrected chi connectivity index (χ2v) is 9.60. The van der Waals surface area contributed by atoms with Crippen LogP contribution in [-0.2, 0) is 11.3 Å². The highest BCUT2D eigenvalue weighted by molar-refractivity contribution is 5.43. The van der Waals surface area contributed by atoms with Crippen LogP contribution in [0.25, 0.3) is 0 Å². The largest absolute Gasteiger partial charge is 0.493 e. The van der Waals surface area contributed by atoms with Crippen molar-refractivity contribution in [3.8, 4) is 11.5 Å². The van der Waals surface area contributed by atoms with Crippen molar-refractivity contribution in [2.24, 2.45) is 0 Å². The van der Waals surface area contributed by atoms with Crippen molar-refractivity contribution in [3.05, 3.63) is 23.8 Å². The Morgan fingerprint density at radius 3 is 2.42 bits per heavy atom. The number of aliphatic hydroxyl groups is 1. The van der Waals surface area contributed by atoms with Gasteiger partial charge < -0.3 is 19.3 Å². The number of methoxy groups -OCH3 is 1. The predicted octanol–water partition coefficient (Wildman–Crippen LogP) is 2.07. The standard InChI is InChI=1S/C24H37F2N3O4/c1-31-22-16-20(2-3-21(22)33-15-12-27-10-13-32-14-11-27)17-29-7-4-23(30,19-29)18-28-8-5-24(25,26)6-9-28/h2-3,16,30H,4-15,17-19H2,1H3/t23-/m1/s1. The summed E-state index contributed by atoms with van der Waals surface area (Å²) in [5, 5.41) is 11.0. The molecule has 7 nitrogen and oxygen atoms in total. The Morgan fingerprint density at radius 2 is 1.70 bits per heavy atom. The van der Waals surface area contributed by atoms with Crippen LogP contribution in [0.2, 0.25) is 0 Å². The molecule has 33 heavy (non-hydrogen) atoms. The van der Waals surface area contributed by atoms with Crippen LogP contribution in [0, 0.1) is 0 Å². The molecular weight excluding hydrogens is 432 g/mol. The maximum atomic E-state index is 13.4. The first kappa shape index (κ1) is 24.6. The Labute approximate surface area is 195 Å². The molecule has 9 heteroatoms. The number of β-amino-alcohol motifs (C(OH)–C–C–N with tert-alkyl or cyclic N) is 1. The van der Waals surface area contributed by atoms with E-state index < -0.39 is 11.5 Å². The van der Waals surface area contributed by atoms with Gasteiger partial charge in [0.2, 0.25) is 0 Å². The number of hydrogen-bond donors (Lipinski definition) is 1. The van der Waals surface area contributed by atoms with E-state index in [1.807, 2.05) is 23.1 Å². The van der Waals surface area contributed by atoms with Crippen LogP contribution in [-0.4, -0.2) is 111 Å². The van der Waals surface area contributed by atoms with Crippen molar-refractivity contribution < 1.29 is 28.1 Å². The van der Waals surface area contributed by atoms with Gasteiger partial charge in [-0.25, -0.2) is 8.78 Å². The van der Waals surface area contributed by atoms with Crippen LogP contribution in [0.15, 0.2) is 18.2 Å². The zero-order chi connectivity index (χ0) is 23.3. The van der Waals surface area contributed by atoms with Gasteiger partial charge in [0.05, 0.1) is 25.9 Å². The van der Waals surface area contributed by atoms with E-state index >= 15 is 0 Å². The highest BCUT2D eigenvalue weighted by Crippen LogP contribution is 2.32. The average molecular weight is 470 g/mol. The average Bonchev–Trinajstić information content (AvgIpc) is 3.17. The van der Waals surface area contributed by atoms with Crippen molar-refractivity contribution in [3.63, 3.8) is 0 Å². The molecule has 0 radical (unpaired) electrons. The fourth-order valence-electron chi connectivity index (χ4n) is 4.96. The lowest BCUT2D eigenvalue weighted by molar-refractivity contribution is -0.0724. The van der Waals surface area contributed by atoms with Gasteiger partial charge in [0.1, 0.15) is 6.61 Å². The zero-order valence-electron chi connectivity index (χ0n) is 19.6. The molecule has 4 rings (SSSR count). The molecule has 1 atom stereocenters. The number of alkyl halides is 2. The molecule has 0 saturated carbocycles. The van der Waals surface area contributed by atoms with E-state index in [1.54, 1.807) is 7.11 Å². The second kappa shape index (κ2) is 10.8. The molecule has 1 aromatic rings. The molecule has 3 aliphatic heterocycles. The van der Waals surface area contributed by atoms with Crippen LogP contribution < -0.4 is 9.47 Å². The molecule has 0 unspecified atom stereocenters. The number of morpholine rings is 1. The number of rotatable bonds is 9. The van der Waals surface area contributed by atoms with Crippen LogP contribution in [0.4, 0.5) is 8.78 Å². The molecule has 1 aromatic carbocycles. The summed E-state index contributed by atoms with van der Waals surface area (Å²) in [4.78, 5) is 6.52. The summed E-state index contributed by atoms with van der Waals surface area (Å²) >= 11 is 0. The third-order valence-corrected chi connectivity index (χ3v) is 6.92. The molecule has 186 valence electrons. The Morgan fingerprint density at radius 1 is 0.970 bits per heavy atom. The van der Waals surface area contributed by atoms with Crippen LogP contribution in [0.1, 0.15) is 24.8 Å². The van der Waals surface area contributed by atoms with Crippen LogP contribution in [0.3, 0.4) is 0 Å². The number of likely N-dealkylation sites (tertiary alicyclic amines) is 2. The molecule has 3 heterocycles. The third kappa shape index (κ3) is 6.99. The maximum absolute atomic E-state index is 13.4. The number of benzene rings is 1. The minimum absolute atomic E-state index is 0.118. The van der Waals surface area contributed by atoms with Gasteiger partial charge in [0.15, 0.2) is 11.5 Å². The molecule has 0 spiro atoms. The van der Waals surface area contributed by atoms with Gasteiger partial charge in [-0.2, -0.15) is 0 Å². The SMILES string of the molecule is COc1cc(CN2CC[C@@](O)(CN3CCC(F)(F)CC3)C2)ccc1OCCN1CCOCC1. The molecule has 3 fully saturated rings. The summed E-state index contributed by atoms with van der Waals surface area (Å²) in [7, 11) is 1.64. The monoisotopic (exact) mass is 469 g/mol. The minimum Gasteiger partial charge on any atom is -0.493 e. The van der Waals surface area contributed by atoms with Gasteiger partial charge in [-0.15, -0.1) is 0 Å². The fourth-order valence-corrected chi connectivity index (χ4v) is 4.96. The summed E-state index contributed by atoms with van der Waals surface area (Å²) in [6, 6.07) is 5.98. The molecule has 3 saturated heterocycles. The number of halogens is 2. The van der Waals surface area contributed by atoms with E-state index in [1.165, 1.54) is 0 Å². The summed E-state index contributed by atoms with van der Waals surface area (Å²) in [6.45, 7) is 8.04. The smallest absolute Gasteiger partial charge is 0.250 e. The van der Waals surface area contributed by atoms with Crippen molar-refractivity contribution in [2.45, 2.75) is 37.3 Å². The third-order valence-electron chi connectivity index (χ3n) is 6.92. The van der Waals surface area contributed by atoms with Crippen LogP contribution >= 0.6 is 0 Å². The van der Waals surface area contributed by atoms with E-state index in [2.05, 4.69) is 9.80 Å². The molecule has 3 aliphatic rings. The lowest BCUT2D eigenvalue weighted by Crippen LogP contribution is -2.49. The van der Waals surface area contributed by atoms with Crippen molar-refractivity contribution in [2.75, 3.05) is 79.3 Å². The van der Waals surface area contributed by atoms with Gasteiger partial charge >= 0.3 is 0 Å². The van der Waals surface area contributed by atoms with E-state index in [0.29, 0.717) is 51.5 Å². The number of piperidine rings is 1. The van der Waals surface area contributed by atoms with E-state index in [4.69, 9.17) is 14.2 Å². The number of nitrogens with zero attached hydrogens (tertiary/aromatic N) is 3. The Kier molecular flexibility index (Phi) is 8.07. The van der Waals surface area contributed by atoms with Crippen LogP contribution in [0.5, 0.6) is 11.5 Å². The predicted molar refractivity (Wildman–Crippen MR) is 121 cm³/mol. The molecule has 1 N–H and O–H groups in total. The Hall–Kier alpha value is -1.52. The lowest BCUT2D eigenvalue weighted by atomic mass is 10.00. The summed E-state index contributed by atoms with van der Waals surface area (Å²) in [6.07, 6.45) is 0.417. The van der Waals surface area contributed by atoms with E-state index in [-0.39, 0.29) is 12.8 Å². The van der Waals surface area contributed by atoms with Crippen molar-refractivity contribution in [1.29, 1.82) is 0 Å². The lowest BCUT2D eigenvalue weighted by Gasteiger charge is -2.36. The van der Waals surface area contributed by atoms with E-state index in [9.17, 15) is 13.9 Å². The number of hydrogen-bond acceptors (Lipinski definition) is 7. The number of ether oxygens (including phenoxy) is 3. The maximum Gasteiger partial charge on any atom is 0.250 e. The van der Waals surface area contributed by atoms with Gasteiger partial charge in [0, 0.05) is 71.7 Å². The van der Waals surface area contributed by atoms with Gasteiger partial charge in [-0.05, 0) is 24.1 Å². The van der Waals surface area contributed by atoms with Crippen molar-refractivity contribution >= 4 is 0 Å². The molecular formula is C24H37F2N3O4. The first-order chi connectivity index (χ1) is 15.8. The summed E-state index contributed by atoms with van der Waals surface area (Å²) in [5.74, 6) is -1.12. The first-order valence-electron chi connectivity index (χ1n) is 12.0. The Balaban J connectivity index is 1.25. The zero-order valence-corrected chi connectivity index (χ0v) is 19.6. The van der Waals surface area contributed by atoms with Crippen molar-refractivity contribution in [1.82, 2.24) is 14.7 Å². The molecule has 0 aliphatic carbocycles. The summed E-state index contributed by atoms with van der Waals surface area (Å²) in [5.41, 5.74) is 0.244. The molecule has 0 aromatic heterocycles. The van der Waals surface area contributed by atoms with Gasteiger partial charge in [-0.3, -0.25) is 14.7 Å². The highest BCUT2D eigenvalue weighted by Gasteiger charge is 2.40. The molecule has 0 amide bonds. The summed E-state index contributed by atoms with van der Waals surface area (Å²) < 4.78 is 43.7. The quantitative estimate of drug-likeness (QED) is 0.594. The normalized spacial score (nSPS) is 27.0. The van der Waals surface area contributed by atoms with Gasteiger partial charge in [-0.1, -0.05) is 6.07 Å². The fraction of sp³-hybridized carbons (Fsp3) is 0.750. The topological polar surface area (TPSA) is 57.6 Å². The second-order valence-electron chi connectivity index (χ2n) is 9.60. The first-order valence-corrected chi connectivity index (χ1v) is 12.0. The minimum atomic E-state index is -2.56. The van der Waals surface area contributed by atoms with E-state index in [0.717, 1.165) is 50.7 Å². The molecule has 0 bridgehead atoms. The Bertz CT molecular complexity index is 768. The highest BCUT2D eigenvalue weighted by atomic mass is 19.3. The van der Waals surface area contributed by atoms with Gasteiger partial charge in [0.25, 0.3) is 5.92 Å².